The number of amides is 2. The Morgan fingerprint density at radius 2 is 2.00 bits per heavy atom. The topological polar surface area (TPSA) is 61.4 Å². The highest BCUT2D eigenvalue weighted by molar-refractivity contribution is 5.98. The van der Waals surface area contributed by atoms with Gasteiger partial charge in [-0.2, -0.15) is 0 Å². The van der Waals surface area contributed by atoms with E-state index in [4.69, 9.17) is 0 Å². The minimum absolute atomic E-state index is 0. The van der Waals surface area contributed by atoms with Crippen LogP contribution in [0.25, 0.3) is 0 Å². The molecule has 6 heteroatoms. The van der Waals surface area contributed by atoms with Gasteiger partial charge in [0.15, 0.2) is 0 Å². The van der Waals surface area contributed by atoms with Crippen molar-refractivity contribution in [2.75, 3.05) is 24.5 Å². The van der Waals surface area contributed by atoms with Crippen molar-refractivity contribution in [3.63, 3.8) is 0 Å². The van der Waals surface area contributed by atoms with Crippen LogP contribution in [0, 0.1) is 0 Å². The van der Waals surface area contributed by atoms with Crippen molar-refractivity contribution in [3.05, 3.63) is 29.3 Å². The Balaban J connectivity index is 0.00000176. The smallest absolute Gasteiger partial charge is 0.251 e. The van der Waals surface area contributed by atoms with Crippen molar-refractivity contribution >= 4 is 29.9 Å². The number of nitrogens with one attached hydrogen (secondary N) is 2. The maximum absolute atomic E-state index is 12.3. The van der Waals surface area contributed by atoms with Gasteiger partial charge in [0.05, 0.1) is 0 Å². The predicted octanol–water partition coefficient (Wildman–Crippen LogP) is 1.50. The average Bonchev–Trinajstić information content (AvgIpc) is 2.91. The van der Waals surface area contributed by atoms with E-state index in [1.165, 1.54) is 0 Å². The zero-order valence-corrected chi connectivity index (χ0v) is 13.5. The van der Waals surface area contributed by atoms with Crippen molar-refractivity contribution < 1.29 is 9.59 Å². The van der Waals surface area contributed by atoms with Crippen LogP contribution in [0.3, 0.4) is 0 Å². The number of hydrogen-bond acceptors (Lipinski definition) is 3. The van der Waals surface area contributed by atoms with E-state index in [1.807, 2.05) is 18.2 Å². The molecule has 0 saturated carbocycles. The average molecular weight is 324 g/mol. The zero-order valence-electron chi connectivity index (χ0n) is 12.7. The van der Waals surface area contributed by atoms with Crippen molar-refractivity contribution in [2.45, 2.75) is 32.2 Å². The number of fused-ring (bicyclic) bond motifs is 1. The molecule has 3 rings (SSSR count). The Bertz CT molecular complexity index is 571. The largest absolute Gasteiger partial charge is 0.349 e. The molecule has 0 radical (unpaired) electrons. The Labute approximate surface area is 136 Å². The molecule has 2 heterocycles. The summed E-state index contributed by atoms with van der Waals surface area (Å²) in [7, 11) is 0. The second-order valence-corrected chi connectivity index (χ2v) is 5.76. The second kappa shape index (κ2) is 7.11. The lowest BCUT2D eigenvalue weighted by Gasteiger charge is -2.23. The van der Waals surface area contributed by atoms with Crippen LogP contribution in [-0.2, 0) is 11.2 Å². The first-order valence-corrected chi connectivity index (χ1v) is 7.58. The summed E-state index contributed by atoms with van der Waals surface area (Å²) in [4.78, 5) is 25.6. The van der Waals surface area contributed by atoms with Crippen LogP contribution >= 0.6 is 12.4 Å². The molecule has 5 nitrogen and oxygen atoms in total. The van der Waals surface area contributed by atoms with Crippen molar-refractivity contribution in [1.29, 1.82) is 0 Å². The summed E-state index contributed by atoms with van der Waals surface area (Å²) in [5, 5.41) is 6.39. The van der Waals surface area contributed by atoms with Crippen LogP contribution in [-0.4, -0.2) is 37.5 Å². The predicted molar refractivity (Wildman–Crippen MR) is 88.8 cm³/mol. The van der Waals surface area contributed by atoms with Crippen LogP contribution < -0.4 is 15.5 Å². The van der Waals surface area contributed by atoms with Crippen molar-refractivity contribution in [2.24, 2.45) is 0 Å². The molecular formula is C16H22ClN3O2. The highest BCUT2D eigenvalue weighted by Crippen LogP contribution is 2.28. The van der Waals surface area contributed by atoms with Crippen LogP contribution in [0.2, 0.25) is 0 Å². The molecule has 2 aliphatic rings. The molecule has 0 unspecified atom stereocenters. The van der Waals surface area contributed by atoms with Gasteiger partial charge in [-0.3, -0.25) is 9.59 Å². The van der Waals surface area contributed by atoms with Gasteiger partial charge in [-0.15, -0.1) is 12.4 Å². The van der Waals surface area contributed by atoms with E-state index in [0.29, 0.717) is 12.1 Å². The monoisotopic (exact) mass is 323 g/mol. The fourth-order valence-corrected chi connectivity index (χ4v) is 3.11. The molecule has 2 aliphatic heterocycles. The molecule has 1 saturated heterocycles. The van der Waals surface area contributed by atoms with Gasteiger partial charge in [-0.05, 0) is 56.1 Å². The van der Waals surface area contributed by atoms with Gasteiger partial charge in [-0.1, -0.05) is 0 Å². The van der Waals surface area contributed by atoms with Crippen molar-refractivity contribution in [1.82, 2.24) is 10.6 Å². The maximum Gasteiger partial charge on any atom is 0.251 e. The maximum atomic E-state index is 12.3. The number of carbonyl (C=O) groups excluding carboxylic acids is 2. The van der Waals surface area contributed by atoms with Crippen LogP contribution in [0.4, 0.5) is 5.69 Å². The lowest BCUT2D eigenvalue weighted by Crippen LogP contribution is -2.42. The van der Waals surface area contributed by atoms with Gasteiger partial charge in [-0.25, -0.2) is 0 Å². The minimum atomic E-state index is -0.00836. The Hall–Kier alpha value is -1.59. The number of nitrogens with zero attached hydrogens (tertiary/aromatic N) is 1. The third kappa shape index (κ3) is 3.42. The lowest BCUT2D eigenvalue weighted by atomic mass is 10.0. The molecule has 0 spiro atoms. The molecular weight excluding hydrogens is 302 g/mol. The first kappa shape index (κ1) is 16.8. The molecule has 0 aromatic heterocycles. The van der Waals surface area contributed by atoms with E-state index >= 15 is 0 Å². The molecule has 120 valence electrons. The standard InChI is InChI=1S/C16H21N3O2.ClH/c1-11(20)19-9-6-12-10-13(2-3-15(12)19)16(21)18-14-4-7-17-8-5-14;/h2-3,10,14,17H,4-9H2,1H3,(H,18,21);1H. The molecule has 0 aliphatic carbocycles. The fraction of sp³-hybridized carbons (Fsp3) is 0.500. The summed E-state index contributed by atoms with van der Waals surface area (Å²) in [6.45, 7) is 4.21. The molecule has 22 heavy (non-hydrogen) atoms. The molecule has 2 amide bonds. The Morgan fingerprint density at radius 1 is 1.27 bits per heavy atom. The third-order valence-electron chi connectivity index (χ3n) is 4.29. The molecule has 1 aromatic carbocycles. The Kier molecular flexibility index (Phi) is 5.42. The summed E-state index contributed by atoms with van der Waals surface area (Å²) in [6, 6.07) is 5.90. The molecule has 0 atom stereocenters. The lowest BCUT2D eigenvalue weighted by molar-refractivity contribution is -0.116. The summed E-state index contributed by atoms with van der Waals surface area (Å²) in [5.41, 5.74) is 2.72. The van der Waals surface area contributed by atoms with E-state index in [0.717, 1.165) is 43.6 Å². The Morgan fingerprint density at radius 3 is 2.68 bits per heavy atom. The summed E-state index contributed by atoms with van der Waals surface area (Å²) >= 11 is 0. The number of halogens is 1. The second-order valence-electron chi connectivity index (χ2n) is 5.76. The van der Waals surface area contributed by atoms with Gasteiger partial charge in [0.25, 0.3) is 5.91 Å². The van der Waals surface area contributed by atoms with Gasteiger partial charge in [0.2, 0.25) is 5.91 Å². The fourth-order valence-electron chi connectivity index (χ4n) is 3.11. The number of rotatable bonds is 2. The number of carbonyl (C=O) groups is 2. The molecule has 0 bridgehead atoms. The van der Waals surface area contributed by atoms with E-state index in [9.17, 15) is 9.59 Å². The summed E-state index contributed by atoms with van der Waals surface area (Å²) < 4.78 is 0. The van der Waals surface area contributed by atoms with Crippen LogP contribution in [0.5, 0.6) is 0 Å². The van der Waals surface area contributed by atoms with E-state index in [1.54, 1.807) is 11.8 Å². The number of hydrogen-bond donors (Lipinski definition) is 2. The molecule has 2 N–H and O–H groups in total. The van der Waals surface area contributed by atoms with Gasteiger partial charge >= 0.3 is 0 Å². The van der Waals surface area contributed by atoms with Gasteiger partial charge in [0, 0.05) is 30.8 Å². The molecule has 1 fully saturated rings. The van der Waals surface area contributed by atoms with Crippen LogP contribution in [0.1, 0.15) is 35.7 Å². The molecule has 1 aromatic rings. The van der Waals surface area contributed by atoms with Gasteiger partial charge in [0.1, 0.15) is 0 Å². The first-order valence-electron chi connectivity index (χ1n) is 7.58. The minimum Gasteiger partial charge on any atom is -0.349 e. The first-order chi connectivity index (χ1) is 10.1. The number of benzene rings is 1. The number of piperidine rings is 1. The highest BCUT2D eigenvalue weighted by Gasteiger charge is 2.23. The quantitative estimate of drug-likeness (QED) is 0.867. The SMILES string of the molecule is CC(=O)N1CCc2cc(C(=O)NC3CCNCC3)ccc21.Cl. The summed E-state index contributed by atoms with van der Waals surface area (Å²) in [5.74, 6) is 0.0478. The third-order valence-corrected chi connectivity index (χ3v) is 4.29. The van der Waals surface area contributed by atoms with Crippen LogP contribution in [0.15, 0.2) is 18.2 Å². The highest BCUT2D eigenvalue weighted by atomic mass is 35.5. The van der Waals surface area contributed by atoms with E-state index < -0.39 is 0 Å². The zero-order chi connectivity index (χ0) is 14.8. The normalized spacial score (nSPS) is 17.6. The van der Waals surface area contributed by atoms with E-state index in [-0.39, 0.29) is 30.3 Å². The summed E-state index contributed by atoms with van der Waals surface area (Å²) in [6.07, 6.45) is 2.78. The van der Waals surface area contributed by atoms with E-state index in [2.05, 4.69) is 10.6 Å². The van der Waals surface area contributed by atoms with Gasteiger partial charge < -0.3 is 15.5 Å². The van der Waals surface area contributed by atoms with Crippen molar-refractivity contribution in [3.8, 4) is 0 Å². The number of anilines is 1.